The summed E-state index contributed by atoms with van der Waals surface area (Å²) in [5.74, 6) is 0. The summed E-state index contributed by atoms with van der Waals surface area (Å²) in [4.78, 5) is 0. The second-order valence-corrected chi connectivity index (χ2v) is 1.59. The monoisotopic (exact) mass is 119 g/mol. The van der Waals surface area contributed by atoms with E-state index in [4.69, 9.17) is 0 Å². The van der Waals surface area contributed by atoms with Gasteiger partial charge in [0.1, 0.15) is 6.17 Å². The molecular formula is C6H14FN. The first kappa shape index (κ1) is 7.89. The van der Waals surface area contributed by atoms with Crippen LogP contribution in [-0.2, 0) is 0 Å². The molecule has 0 aromatic rings. The molecule has 0 aliphatic carbocycles. The largest absolute Gasteiger partial charge is 0.314 e. The first-order chi connectivity index (χ1) is 3.89. The van der Waals surface area contributed by atoms with E-state index in [1.165, 1.54) is 0 Å². The fraction of sp³-hybridized carbons (Fsp3) is 1.00. The number of rotatable bonds is 0. The van der Waals surface area contributed by atoms with Gasteiger partial charge >= 0.3 is 0 Å². The third-order valence-electron chi connectivity index (χ3n) is 1.00. The van der Waals surface area contributed by atoms with Gasteiger partial charge in [-0.3, -0.25) is 0 Å². The van der Waals surface area contributed by atoms with Crippen molar-refractivity contribution in [1.29, 1.82) is 0 Å². The number of alkyl halides is 1. The van der Waals surface area contributed by atoms with E-state index in [2.05, 4.69) is 5.32 Å². The molecule has 50 valence electrons. The molecule has 2 heteroatoms. The van der Waals surface area contributed by atoms with Gasteiger partial charge in [-0.05, 0) is 13.0 Å². The van der Waals surface area contributed by atoms with E-state index >= 15 is 0 Å². The Morgan fingerprint density at radius 3 is 2.25 bits per heavy atom. The Hall–Kier alpha value is -0.110. The maximum absolute atomic E-state index is 11.9. The van der Waals surface area contributed by atoms with Crippen molar-refractivity contribution in [3.05, 3.63) is 0 Å². The molecule has 0 radical (unpaired) electrons. The Morgan fingerprint density at radius 1 is 1.50 bits per heavy atom. The lowest BCUT2D eigenvalue weighted by Gasteiger charge is -1.86. The van der Waals surface area contributed by atoms with Crippen molar-refractivity contribution in [2.45, 2.75) is 26.4 Å². The smallest absolute Gasteiger partial charge is 0.114 e. The third-order valence-corrected chi connectivity index (χ3v) is 1.00. The van der Waals surface area contributed by atoms with E-state index in [0.29, 0.717) is 13.0 Å². The predicted octanol–water partition coefficient (Wildman–Crippen LogP) is 1.34. The van der Waals surface area contributed by atoms with E-state index in [1.54, 1.807) is 0 Å². The van der Waals surface area contributed by atoms with Crippen molar-refractivity contribution >= 4 is 0 Å². The molecule has 1 fully saturated rings. The maximum Gasteiger partial charge on any atom is 0.114 e. The minimum absolute atomic E-state index is 0.565. The van der Waals surface area contributed by atoms with Gasteiger partial charge in [-0.1, -0.05) is 13.8 Å². The van der Waals surface area contributed by atoms with Gasteiger partial charge in [-0.2, -0.15) is 0 Å². The molecule has 1 aliphatic rings. The van der Waals surface area contributed by atoms with Crippen LogP contribution in [0.15, 0.2) is 0 Å². The van der Waals surface area contributed by atoms with Crippen LogP contribution in [0.4, 0.5) is 4.39 Å². The van der Waals surface area contributed by atoms with Crippen molar-refractivity contribution in [3.63, 3.8) is 0 Å². The highest BCUT2D eigenvalue weighted by Gasteiger charge is 2.10. The molecule has 1 saturated heterocycles. The van der Waals surface area contributed by atoms with Crippen LogP contribution >= 0.6 is 0 Å². The molecule has 0 amide bonds. The van der Waals surface area contributed by atoms with Gasteiger partial charge in [0.15, 0.2) is 0 Å². The molecule has 1 heterocycles. The minimum atomic E-state index is -0.565. The van der Waals surface area contributed by atoms with Crippen LogP contribution in [0.3, 0.4) is 0 Å². The molecule has 0 saturated carbocycles. The first-order valence-electron chi connectivity index (χ1n) is 3.24. The van der Waals surface area contributed by atoms with Crippen molar-refractivity contribution < 1.29 is 4.39 Å². The van der Waals surface area contributed by atoms with E-state index in [0.717, 1.165) is 6.54 Å². The van der Waals surface area contributed by atoms with Crippen LogP contribution in [-0.4, -0.2) is 19.3 Å². The highest BCUT2D eigenvalue weighted by molar-refractivity contribution is 4.68. The molecule has 8 heavy (non-hydrogen) atoms. The SMILES string of the molecule is CC.F[C@H]1CCNC1. The molecule has 1 aliphatic heterocycles. The summed E-state index contributed by atoms with van der Waals surface area (Å²) < 4.78 is 11.9. The fourth-order valence-corrected chi connectivity index (χ4v) is 0.619. The standard InChI is InChI=1S/C4H8FN.C2H6/c5-4-1-2-6-3-4;1-2/h4,6H,1-3H2;1-2H3/t4-;/m0./s1. The number of hydrogen-bond donors (Lipinski definition) is 1. The van der Waals surface area contributed by atoms with Crippen molar-refractivity contribution in [1.82, 2.24) is 5.32 Å². The van der Waals surface area contributed by atoms with Gasteiger partial charge in [-0.15, -0.1) is 0 Å². The van der Waals surface area contributed by atoms with Gasteiger partial charge in [0.25, 0.3) is 0 Å². The summed E-state index contributed by atoms with van der Waals surface area (Å²) in [6.07, 6.45) is 0.144. The number of nitrogens with one attached hydrogen (secondary N) is 1. The Morgan fingerprint density at radius 2 is 2.12 bits per heavy atom. The van der Waals surface area contributed by atoms with E-state index in [1.807, 2.05) is 13.8 Å². The Bertz CT molecular complexity index is 41.8. The molecule has 0 aromatic carbocycles. The molecule has 0 spiro atoms. The lowest BCUT2D eigenvalue weighted by atomic mass is 10.4. The Labute approximate surface area is 50.3 Å². The number of hydrogen-bond acceptors (Lipinski definition) is 1. The molecule has 0 aromatic heterocycles. The van der Waals surface area contributed by atoms with Gasteiger partial charge < -0.3 is 5.32 Å². The third kappa shape index (κ3) is 2.97. The lowest BCUT2D eigenvalue weighted by Crippen LogP contribution is -2.08. The summed E-state index contributed by atoms with van der Waals surface area (Å²) in [5.41, 5.74) is 0. The summed E-state index contributed by atoms with van der Waals surface area (Å²) in [7, 11) is 0. The molecule has 0 unspecified atom stereocenters. The van der Waals surface area contributed by atoms with Crippen molar-refractivity contribution in [2.24, 2.45) is 0 Å². The van der Waals surface area contributed by atoms with Crippen LogP contribution in [0.2, 0.25) is 0 Å². The van der Waals surface area contributed by atoms with Crippen LogP contribution in [0, 0.1) is 0 Å². The summed E-state index contributed by atoms with van der Waals surface area (Å²) in [6, 6.07) is 0. The van der Waals surface area contributed by atoms with Gasteiger partial charge in [0.05, 0.1) is 0 Å². The zero-order valence-electron chi connectivity index (χ0n) is 5.58. The zero-order chi connectivity index (χ0) is 6.41. The summed E-state index contributed by atoms with van der Waals surface area (Å²) in [5, 5.41) is 2.90. The second kappa shape index (κ2) is 5.04. The van der Waals surface area contributed by atoms with Crippen LogP contribution < -0.4 is 5.32 Å². The van der Waals surface area contributed by atoms with Crippen LogP contribution in [0.1, 0.15) is 20.3 Å². The maximum atomic E-state index is 11.9. The predicted molar refractivity (Wildman–Crippen MR) is 33.7 cm³/mol. The molecule has 1 N–H and O–H groups in total. The highest BCUT2D eigenvalue weighted by atomic mass is 19.1. The van der Waals surface area contributed by atoms with Gasteiger partial charge in [0.2, 0.25) is 0 Å². The van der Waals surface area contributed by atoms with Gasteiger partial charge in [0, 0.05) is 6.54 Å². The van der Waals surface area contributed by atoms with Crippen molar-refractivity contribution in [3.8, 4) is 0 Å². The minimum Gasteiger partial charge on any atom is -0.314 e. The first-order valence-corrected chi connectivity index (χ1v) is 3.24. The van der Waals surface area contributed by atoms with E-state index < -0.39 is 6.17 Å². The molecule has 0 bridgehead atoms. The molecule has 1 nitrogen and oxygen atoms in total. The lowest BCUT2D eigenvalue weighted by molar-refractivity contribution is 0.361. The fourth-order valence-electron chi connectivity index (χ4n) is 0.619. The number of halogens is 1. The summed E-state index contributed by atoms with van der Waals surface area (Å²) in [6.45, 7) is 5.43. The topological polar surface area (TPSA) is 12.0 Å². The van der Waals surface area contributed by atoms with Crippen LogP contribution in [0.5, 0.6) is 0 Å². The average molecular weight is 119 g/mol. The molecule has 1 rings (SSSR count). The van der Waals surface area contributed by atoms with Crippen LogP contribution in [0.25, 0.3) is 0 Å². The quantitative estimate of drug-likeness (QED) is 0.507. The zero-order valence-corrected chi connectivity index (χ0v) is 5.58. The second-order valence-electron chi connectivity index (χ2n) is 1.59. The Balaban J connectivity index is 0.000000222. The van der Waals surface area contributed by atoms with Crippen molar-refractivity contribution in [2.75, 3.05) is 13.1 Å². The van der Waals surface area contributed by atoms with E-state index in [9.17, 15) is 4.39 Å². The molecular weight excluding hydrogens is 105 g/mol. The Kier molecular flexibility index (Phi) is 4.97. The van der Waals surface area contributed by atoms with E-state index in [-0.39, 0.29) is 0 Å². The average Bonchev–Trinajstić information content (AvgIpc) is 2.24. The van der Waals surface area contributed by atoms with Gasteiger partial charge in [-0.25, -0.2) is 4.39 Å². The molecule has 1 atom stereocenters. The normalized spacial score (nSPS) is 26.6. The summed E-state index contributed by atoms with van der Waals surface area (Å²) >= 11 is 0. The highest BCUT2D eigenvalue weighted by Crippen LogP contribution is 1.99.